The standard InChI is InChI=1S/C45H36N4O5/c1-29(46-53-31(3)50)33-13-21-37(22-14-33)48(38-23-15-34(16-24-38)30(2)47-54-32(4)51)39-25-17-35(18-26-39)45(52)36-19-27-40(28-20-36)49-43-11-7-5-9-41(43)42-10-6-8-12-44(42)49/h5-28H,1-4H3. The van der Waals surface area contributed by atoms with Crippen molar-refractivity contribution in [2.75, 3.05) is 4.90 Å². The van der Waals surface area contributed by atoms with Crippen LogP contribution in [0.25, 0.3) is 27.5 Å². The molecule has 0 aliphatic carbocycles. The largest absolute Gasteiger partial charge is 0.331 e. The maximum atomic E-state index is 13.8. The number of hydrogen-bond acceptors (Lipinski definition) is 8. The highest BCUT2D eigenvalue weighted by atomic mass is 16.7. The molecule has 0 saturated heterocycles. The number of ketones is 1. The van der Waals surface area contributed by atoms with Crippen LogP contribution in [0, 0.1) is 0 Å². The Kier molecular flexibility index (Phi) is 9.95. The van der Waals surface area contributed by atoms with E-state index in [-0.39, 0.29) is 5.78 Å². The first-order valence-corrected chi connectivity index (χ1v) is 17.4. The zero-order valence-electron chi connectivity index (χ0n) is 30.2. The molecule has 0 fully saturated rings. The van der Waals surface area contributed by atoms with Crippen LogP contribution >= 0.6 is 0 Å². The molecule has 0 radical (unpaired) electrons. The normalized spacial score (nSPS) is 11.8. The second kappa shape index (κ2) is 15.2. The summed E-state index contributed by atoms with van der Waals surface area (Å²) < 4.78 is 2.23. The Balaban J connectivity index is 1.18. The number of oxime groups is 2. The summed E-state index contributed by atoms with van der Waals surface area (Å²) in [5, 5.41) is 10.2. The summed E-state index contributed by atoms with van der Waals surface area (Å²) in [4.78, 5) is 48.0. The van der Waals surface area contributed by atoms with Crippen LogP contribution in [0.4, 0.5) is 17.1 Å². The second-order valence-corrected chi connectivity index (χ2v) is 12.7. The highest BCUT2D eigenvalue weighted by Gasteiger charge is 2.17. The van der Waals surface area contributed by atoms with Gasteiger partial charge in [-0.3, -0.25) is 4.79 Å². The molecule has 0 bridgehead atoms. The minimum atomic E-state index is -0.493. The van der Waals surface area contributed by atoms with E-state index in [1.165, 1.54) is 24.6 Å². The van der Waals surface area contributed by atoms with E-state index in [1.54, 1.807) is 13.8 Å². The van der Waals surface area contributed by atoms with Gasteiger partial charge in [0.2, 0.25) is 0 Å². The van der Waals surface area contributed by atoms with Gasteiger partial charge in [0, 0.05) is 58.5 Å². The summed E-state index contributed by atoms with van der Waals surface area (Å²) in [5.74, 6) is -1.07. The van der Waals surface area contributed by atoms with Gasteiger partial charge in [-0.15, -0.1) is 0 Å². The van der Waals surface area contributed by atoms with Crippen molar-refractivity contribution in [2.45, 2.75) is 27.7 Å². The van der Waals surface area contributed by atoms with E-state index < -0.39 is 11.9 Å². The molecule has 0 spiro atoms. The number of carbonyl (C=O) groups is 3. The van der Waals surface area contributed by atoms with E-state index in [0.29, 0.717) is 22.6 Å². The number of rotatable bonds is 10. The fraction of sp³-hybridized carbons (Fsp3) is 0.0889. The lowest BCUT2D eigenvalue weighted by molar-refractivity contribution is -0.141. The molecule has 9 heteroatoms. The fourth-order valence-corrected chi connectivity index (χ4v) is 6.41. The van der Waals surface area contributed by atoms with Gasteiger partial charge in [0.25, 0.3) is 0 Å². The molecule has 1 aromatic heterocycles. The van der Waals surface area contributed by atoms with Crippen LogP contribution in [0.1, 0.15) is 54.7 Å². The number of nitrogens with zero attached hydrogens (tertiary/aromatic N) is 4. The Labute approximate surface area is 312 Å². The quantitative estimate of drug-likeness (QED) is 0.0605. The molecule has 266 valence electrons. The van der Waals surface area contributed by atoms with Crippen LogP contribution in [0.2, 0.25) is 0 Å². The number of anilines is 3. The molecule has 7 aromatic rings. The molecule has 54 heavy (non-hydrogen) atoms. The molecule has 0 amide bonds. The summed E-state index contributed by atoms with van der Waals surface area (Å²) in [5.41, 5.74) is 9.55. The molecule has 1 heterocycles. The summed E-state index contributed by atoms with van der Waals surface area (Å²) in [6, 6.07) is 47.3. The Morgan fingerprint density at radius 2 is 0.815 bits per heavy atom. The van der Waals surface area contributed by atoms with Crippen molar-refractivity contribution in [3.8, 4) is 5.69 Å². The maximum Gasteiger partial charge on any atom is 0.331 e. The van der Waals surface area contributed by atoms with E-state index in [2.05, 4.69) is 56.2 Å². The SMILES string of the molecule is CC(=O)ON=C(C)c1ccc(N(c2ccc(C(=O)c3ccc(-n4c5ccccc5c5ccccc54)cc3)cc2)c2ccc(C(C)=NOC(C)=O)cc2)cc1. The summed E-state index contributed by atoms with van der Waals surface area (Å²) >= 11 is 0. The average Bonchev–Trinajstić information content (AvgIpc) is 3.54. The topological polar surface area (TPSA) is 103 Å². The first kappa shape index (κ1) is 35.3. The van der Waals surface area contributed by atoms with E-state index >= 15 is 0 Å². The van der Waals surface area contributed by atoms with Crippen LogP contribution in [-0.2, 0) is 19.3 Å². The highest BCUT2D eigenvalue weighted by Crippen LogP contribution is 2.36. The molecular weight excluding hydrogens is 677 g/mol. The Morgan fingerprint density at radius 1 is 0.463 bits per heavy atom. The number of fused-ring (bicyclic) bond motifs is 3. The van der Waals surface area contributed by atoms with Gasteiger partial charge in [-0.2, -0.15) is 0 Å². The van der Waals surface area contributed by atoms with Crippen molar-refractivity contribution in [1.82, 2.24) is 4.57 Å². The fourth-order valence-electron chi connectivity index (χ4n) is 6.41. The van der Waals surface area contributed by atoms with Crippen LogP contribution in [0.5, 0.6) is 0 Å². The molecule has 0 atom stereocenters. The van der Waals surface area contributed by atoms with Crippen molar-refractivity contribution in [3.05, 3.63) is 168 Å². The zero-order valence-corrected chi connectivity index (χ0v) is 30.2. The van der Waals surface area contributed by atoms with Crippen molar-refractivity contribution in [1.29, 1.82) is 0 Å². The maximum absolute atomic E-state index is 13.8. The molecule has 9 nitrogen and oxygen atoms in total. The molecule has 7 rings (SSSR count). The van der Waals surface area contributed by atoms with E-state index in [4.69, 9.17) is 9.68 Å². The van der Waals surface area contributed by atoms with Gasteiger partial charge in [0.1, 0.15) is 0 Å². The number of benzene rings is 6. The molecular formula is C45H36N4O5. The lowest BCUT2D eigenvalue weighted by Gasteiger charge is -2.26. The summed E-state index contributed by atoms with van der Waals surface area (Å²) in [7, 11) is 0. The number of hydrogen-bond donors (Lipinski definition) is 0. The van der Waals surface area contributed by atoms with Gasteiger partial charge in [-0.25, -0.2) is 9.59 Å². The molecule has 6 aromatic carbocycles. The number of para-hydroxylation sites is 2. The highest BCUT2D eigenvalue weighted by molar-refractivity contribution is 6.11. The lowest BCUT2D eigenvalue weighted by atomic mass is 10.0. The molecule has 0 aliphatic heterocycles. The third-order valence-corrected chi connectivity index (χ3v) is 9.06. The Bertz CT molecular complexity index is 2440. The van der Waals surface area contributed by atoms with E-state index in [9.17, 15) is 14.4 Å². The van der Waals surface area contributed by atoms with Gasteiger partial charge >= 0.3 is 11.9 Å². The first-order chi connectivity index (χ1) is 26.2. The monoisotopic (exact) mass is 712 g/mol. The van der Waals surface area contributed by atoms with E-state index in [0.717, 1.165) is 44.9 Å². The minimum Gasteiger partial charge on any atom is -0.318 e. The molecule has 0 N–H and O–H groups in total. The van der Waals surface area contributed by atoms with Crippen molar-refractivity contribution >= 4 is 68.0 Å². The summed E-state index contributed by atoms with van der Waals surface area (Å²) in [6.07, 6.45) is 0. The lowest BCUT2D eigenvalue weighted by Crippen LogP contribution is -2.11. The van der Waals surface area contributed by atoms with Crippen LogP contribution < -0.4 is 4.90 Å². The average molecular weight is 713 g/mol. The van der Waals surface area contributed by atoms with Crippen LogP contribution in [0.15, 0.2) is 156 Å². The Morgan fingerprint density at radius 3 is 1.20 bits per heavy atom. The first-order valence-electron chi connectivity index (χ1n) is 17.4. The molecule has 0 unspecified atom stereocenters. The van der Waals surface area contributed by atoms with Crippen LogP contribution in [-0.4, -0.2) is 33.7 Å². The van der Waals surface area contributed by atoms with Gasteiger partial charge in [0.05, 0.1) is 22.5 Å². The van der Waals surface area contributed by atoms with Gasteiger partial charge in [0.15, 0.2) is 5.78 Å². The van der Waals surface area contributed by atoms with Crippen LogP contribution in [0.3, 0.4) is 0 Å². The smallest absolute Gasteiger partial charge is 0.318 e. The predicted octanol–water partition coefficient (Wildman–Crippen LogP) is 10.1. The number of aromatic nitrogens is 1. The minimum absolute atomic E-state index is 0.0827. The van der Waals surface area contributed by atoms with Gasteiger partial charge in [-0.1, -0.05) is 71.0 Å². The molecule has 0 saturated carbocycles. The van der Waals surface area contributed by atoms with Crippen molar-refractivity contribution in [2.24, 2.45) is 10.3 Å². The predicted molar refractivity (Wildman–Crippen MR) is 213 cm³/mol. The summed E-state index contributed by atoms with van der Waals surface area (Å²) in [6.45, 7) is 6.13. The van der Waals surface area contributed by atoms with Crippen molar-refractivity contribution in [3.63, 3.8) is 0 Å². The molecule has 0 aliphatic rings. The second-order valence-electron chi connectivity index (χ2n) is 12.7. The van der Waals surface area contributed by atoms with Gasteiger partial charge in [-0.05, 0) is 110 Å². The number of carbonyl (C=O) groups excluding carboxylic acids is 3. The van der Waals surface area contributed by atoms with Crippen molar-refractivity contribution < 1.29 is 24.1 Å². The zero-order chi connectivity index (χ0) is 37.8. The third kappa shape index (κ3) is 7.29. The Hall–Kier alpha value is -7.13. The third-order valence-electron chi connectivity index (χ3n) is 9.06. The van der Waals surface area contributed by atoms with Gasteiger partial charge < -0.3 is 19.1 Å². The van der Waals surface area contributed by atoms with E-state index in [1.807, 2.05) is 109 Å².